The van der Waals surface area contributed by atoms with Crippen molar-refractivity contribution in [2.24, 2.45) is 0 Å². The number of thiazole rings is 1. The third-order valence-corrected chi connectivity index (χ3v) is 4.18. The van der Waals surface area contributed by atoms with E-state index < -0.39 is 11.7 Å². The van der Waals surface area contributed by atoms with E-state index in [1.54, 1.807) is 17.5 Å². The van der Waals surface area contributed by atoms with Crippen LogP contribution in [0, 0.1) is 0 Å². The van der Waals surface area contributed by atoms with Gasteiger partial charge in [0.05, 0.1) is 11.3 Å². The number of rotatable bonds is 3. The summed E-state index contributed by atoms with van der Waals surface area (Å²) in [6.45, 7) is 0. The van der Waals surface area contributed by atoms with E-state index in [0.717, 1.165) is 17.7 Å². The zero-order chi connectivity index (χ0) is 16.4. The van der Waals surface area contributed by atoms with Gasteiger partial charge in [0.2, 0.25) is 0 Å². The summed E-state index contributed by atoms with van der Waals surface area (Å²) >= 11 is 7.42. The summed E-state index contributed by atoms with van der Waals surface area (Å²) < 4.78 is 38.2. The zero-order valence-corrected chi connectivity index (χ0v) is 13.1. The molecule has 3 rings (SSSR count). The third-order valence-electron chi connectivity index (χ3n) is 3.10. The Morgan fingerprint density at radius 3 is 2.57 bits per heavy atom. The van der Waals surface area contributed by atoms with Crippen LogP contribution in [0.15, 0.2) is 53.9 Å². The first-order chi connectivity index (χ1) is 10.9. The first-order valence-corrected chi connectivity index (χ1v) is 7.84. The highest BCUT2D eigenvalue weighted by atomic mass is 35.5. The molecule has 0 bridgehead atoms. The molecule has 1 aromatic heterocycles. The Labute approximate surface area is 139 Å². The van der Waals surface area contributed by atoms with Crippen molar-refractivity contribution in [2.45, 2.75) is 6.18 Å². The Bertz CT molecular complexity index is 830. The summed E-state index contributed by atoms with van der Waals surface area (Å²) in [6, 6.07) is 12.3. The average Bonchev–Trinajstić information content (AvgIpc) is 2.95. The third kappa shape index (κ3) is 3.65. The highest BCUT2D eigenvalue weighted by Gasteiger charge is 2.30. The van der Waals surface area contributed by atoms with Crippen molar-refractivity contribution in [3.05, 3.63) is 64.5 Å². The minimum atomic E-state index is -4.37. The fourth-order valence-electron chi connectivity index (χ4n) is 2.02. The number of nitrogens with zero attached hydrogens (tertiary/aromatic N) is 1. The highest BCUT2D eigenvalue weighted by molar-refractivity contribution is 7.14. The predicted molar refractivity (Wildman–Crippen MR) is 87.3 cm³/mol. The van der Waals surface area contributed by atoms with Crippen LogP contribution in [0.4, 0.5) is 24.0 Å². The molecule has 2 nitrogen and oxygen atoms in total. The SMILES string of the molecule is FC(F)(F)c1cccc(Nc2nc(-c3ccccc3Cl)cs2)c1. The first kappa shape index (κ1) is 15.8. The monoisotopic (exact) mass is 354 g/mol. The smallest absolute Gasteiger partial charge is 0.332 e. The maximum Gasteiger partial charge on any atom is 0.416 e. The minimum Gasteiger partial charge on any atom is -0.332 e. The molecule has 3 aromatic rings. The summed E-state index contributed by atoms with van der Waals surface area (Å²) in [5.74, 6) is 0. The summed E-state index contributed by atoms with van der Waals surface area (Å²) in [6.07, 6.45) is -4.37. The van der Waals surface area contributed by atoms with E-state index in [9.17, 15) is 13.2 Å². The minimum absolute atomic E-state index is 0.333. The molecule has 7 heteroatoms. The van der Waals surface area contributed by atoms with E-state index in [2.05, 4.69) is 10.3 Å². The number of halogens is 4. The number of alkyl halides is 3. The van der Waals surface area contributed by atoms with E-state index >= 15 is 0 Å². The molecule has 0 unspecified atom stereocenters. The summed E-state index contributed by atoms with van der Waals surface area (Å²) in [5, 5.41) is 5.76. The number of hydrogen-bond donors (Lipinski definition) is 1. The maximum absolute atomic E-state index is 12.7. The number of anilines is 2. The molecule has 0 atom stereocenters. The van der Waals surface area contributed by atoms with Crippen molar-refractivity contribution < 1.29 is 13.2 Å². The second-order valence-electron chi connectivity index (χ2n) is 4.72. The van der Waals surface area contributed by atoms with E-state index in [0.29, 0.717) is 21.5 Å². The number of aromatic nitrogens is 1. The van der Waals surface area contributed by atoms with Crippen molar-refractivity contribution in [1.82, 2.24) is 4.98 Å². The Hall–Kier alpha value is -2.05. The molecule has 0 amide bonds. The summed E-state index contributed by atoms with van der Waals surface area (Å²) in [5.41, 5.74) is 1.09. The fraction of sp³-hybridized carbons (Fsp3) is 0.0625. The molecule has 23 heavy (non-hydrogen) atoms. The molecule has 0 aliphatic carbocycles. The zero-order valence-electron chi connectivity index (χ0n) is 11.6. The lowest BCUT2D eigenvalue weighted by molar-refractivity contribution is -0.137. The van der Waals surface area contributed by atoms with E-state index in [1.807, 2.05) is 18.2 Å². The summed E-state index contributed by atoms with van der Waals surface area (Å²) in [7, 11) is 0. The molecule has 118 valence electrons. The van der Waals surface area contributed by atoms with Gasteiger partial charge in [-0.25, -0.2) is 4.98 Å². The number of benzene rings is 2. The van der Waals surface area contributed by atoms with Crippen LogP contribution in [0.5, 0.6) is 0 Å². The molecular formula is C16H10ClF3N2S. The van der Waals surface area contributed by atoms with Gasteiger partial charge in [0.1, 0.15) is 0 Å². The predicted octanol–water partition coefficient (Wildman–Crippen LogP) is 6.23. The van der Waals surface area contributed by atoms with Crippen LogP contribution in [0.3, 0.4) is 0 Å². The lowest BCUT2D eigenvalue weighted by Gasteiger charge is -2.09. The first-order valence-electron chi connectivity index (χ1n) is 6.58. The van der Waals surface area contributed by atoms with Gasteiger partial charge >= 0.3 is 6.18 Å². The van der Waals surface area contributed by atoms with Crippen LogP contribution in [0.2, 0.25) is 5.02 Å². The van der Waals surface area contributed by atoms with Gasteiger partial charge in [0.25, 0.3) is 0 Å². The van der Waals surface area contributed by atoms with Crippen molar-refractivity contribution in [3.8, 4) is 11.3 Å². The quantitative estimate of drug-likeness (QED) is 0.603. The molecule has 0 saturated carbocycles. The van der Waals surface area contributed by atoms with Crippen molar-refractivity contribution >= 4 is 33.8 Å². The van der Waals surface area contributed by atoms with Crippen LogP contribution >= 0.6 is 22.9 Å². The number of nitrogens with one attached hydrogen (secondary N) is 1. The van der Waals surface area contributed by atoms with Gasteiger partial charge in [-0.05, 0) is 24.3 Å². The highest BCUT2D eigenvalue weighted by Crippen LogP contribution is 2.33. The Morgan fingerprint density at radius 2 is 1.83 bits per heavy atom. The largest absolute Gasteiger partial charge is 0.416 e. The van der Waals surface area contributed by atoms with Gasteiger partial charge in [-0.1, -0.05) is 35.9 Å². The van der Waals surface area contributed by atoms with Gasteiger partial charge < -0.3 is 5.32 Å². The van der Waals surface area contributed by atoms with Crippen LogP contribution < -0.4 is 5.32 Å². The molecule has 0 aliphatic rings. The van der Waals surface area contributed by atoms with Crippen molar-refractivity contribution in [3.63, 3.8) is 0 Å². The van der Waals surface area contributed by atoms with Gasteiger partial charge in [0.15, 0.2) is 5.13 Å². The lowest BCUT2D eigenvalue weighted by atomic mass is 10.2. The van der Waals surface area contributed by atoms with Gasteiger partial charge in [-0.2, -0.15) is 13.2 Å². The van der Waals surface area contributed by atoms with Gasteiger partial charge in [-0.3, -0.25) is 0 Å². The molecule has 0 aliphatic heterocycles. The van der Waals surface area contributed by atoms with Crippen molar-refractivity contribution in [1.29, 1.82) is 0 Å². The van der Waals surface area contributed by atoms with Crippen LogP contribution in [0.25, 0.3) is 11.3 Å². The van der Waals surface area contributed by atoms with Crippen LogP contribution in [-0.4, -0.2) is 4.98 Å². The maximum atomic E-state index is 12.7. The molecule has 0 fully saturated rings. The molecule has 2 aromatic carbocycles. The Kier molecular flexibility index (Phi) is 4.28. The van der Waals surface area contributed by atoms with E-state index in [1.165, 1.54) is 17.4 Å². The normalized spacial score (nSPS) is 11.5. The van der Waals surface area contributed by atoms with E-state index in [4.69, 9.17) is 11.6 Å². The molecule has 1 heterocycles. The Morgan fingerprint density at radius 1 is 1.04 bits per heavy atom. The molecule has 1 N–H and O–H groups in total. The Balaban J connectivity index is 1.84. The standard InChI is InChI=1S/C16H10ClF3N2S/c17-13-7-2-1-6-12(13)14-9-23-15(22-14)21-11-5-3-4-10(8-11)16(18,19)20/h1-9H,(H,21,22). The van der Waals surface area contributed by atoms with Crippen LogP contribution in [0.1, 0.15) is 5.56 Å². The van der Waals surface area contributed by atoms with Gasteiger partial charge in [0, 0.05) is 21.7 Å². The fourth-order valence-corrected chi connectivity index (χ4v) is 2.98. The number of hydrogen-bond acceptors (Lipinski definition) is 3. The van der Waals surface area contributed by atoms with Crippen molar-refractivity contribution in [2.75, 3.05) is 5.32 Å². The lowest BCUT2D eigenvalue weighted by Crippen LogP contribution is -2.05. The second-order valence-corrected chi connectivity index (χ2v) is 5.99. The average molecular weight is 355 g/mol. The van der Waals surface area contributed by atoms with Gasteiger partial charge in [-0.15, -0.1) is 11.3 Å². The molecular weight excluding hydrogens is 345 g/mol. The van der Waals surface area contributed by atoms with Crippen LogP contribution in [-0.2, 0) is 6.18 Å². The molecule has 0 spiro atoms. The molecule has 0 radical (unpaired) electrons. The topological polar surface area (TPSA) is 24.9 Å². The van der Waals surface area contributed by atoms with E-state index in [-0.39, 0.29) is 0 Å². The molecule has 0 saturated heterocycles. The second kappa shape index (κ2) is 6.22. The summed E-state index contributed by atoms with van der Waals surface area (Å²) in [4.78, 5) is 4.37.